The standard InChI is InChI=1S/C17H24N2O4/c1-5-23-10-12(20)9-18-17-6-11(2)13-7-15(21-3)16(22-4)8-14(13)19-17/h6-8,12,20H,5,9-10H2,1-4H3,(H,18,19)/t12-/m1/s1. The van der Waals surface area contributed by atoms with Crippen LogP contribution >= 0.6 is 0 Å². The van der Waals surface area contributed by atoms with Crippen LogP contribution < -0.4 is 14.8 Å². The fourth-order valence-electron chi connectivity index (χ4n) is 2.35. The van der Waals surface area contributed by atoms with Crippen molar-refractivity contribution in [3.05, 3.63) is 23.8 Å². The number of aliphatic hydroxyl groups is 1. The first kappa shape index (κ1) is 17.3. The molecule has 0 saturated heterocycles. The van der Waals surface area contributed by atoms with Crippen LogP contribution in [0.1, 0.15) is 12.5 Å². The lowest BCUT2D eigenvalue weighted by Gasteiger charge is -2.14. The van der Waals surface area contributed by atoms with Gasteiger partial charge in [0.25, 0.3) is 0 Å². The molecule has 6 heteroatoms. The summed E-state index contributed by atoms with van der Waals surface area (Å²) in [5, 5.41) is 14.0. The second-order valence-electron chi connectivity index (χ2n) is 5.24. The molecule has 0 aliphatic rings. The number of nitrogens with zero attached hydrogens (tertiary/aromatic N) is 1. The largest absolute Gasteiger partial charge is 0.493 e. The summed E-state index contributed by atoms with van der Waals surface area (Å²) in [6.45, 7) is 5.19. The maximum atomic E-state index is 9.82. The van der Waals surface area contributed by atoms with Crippen molar-refractivity contribution in [3.8, 4) is 11.5 Å². The Morgan fingerprint density at radius 2 is 1.87 bits per heavy atom. The number of anilines is 1. The maximum Gasteiger partial charge on any atom is 0.162 e. The van der Waals surface area contributed by atoms with Crippen LogP contribution in [0.15, 0.2) is 18.2 Å². The highest BCUT2D eigenvalue weighted by Crippen LogP contribution is 2.33. The summed E-state index contributed by atoms with van der Waals surface area (Å²) < 4.78 is 15.8. The molecule has 0 amide bonds. The number of aliphatic hydroxyl groups excluding tert-OH is 1. The number of aryl methyl sites for hydroxylation is 1. The molecule has 1 aromatic carbocycles. The molecular weight excluding hydrogens is 296 g/mol. The van der Waals surface area contributed by atoms with Gasteiger partial charge in [0.15, 0.2) is 11.5 Å². The number of hydrogen-bond acceptors (Lipinski definition) is 6. The highest BCUT2D eigenvalue weighted by molar-refractivity contribution is 5.87. The monoisotopic (exact) mass is 320 g/mol. The number of benzene rings is 1. The minimum atomic E-state index is -0.571. The second-order valence-corrected chi connectivity index (χ2v) is 5.24. The zero-order valence-corrected chi connectivity index (χ0v) is 14.0. The average molecular weight is 320 g/mol. The van der Waals surface area contributed by atoms with Crippen molar-refractivity contribution in [1.29, 1.82) is 0 Å². The maximum absolute atomic E-state index is 9.82. The van der Waals surface area contributed by atoms with Crippen LogP contribution in [0.25, 0.3) is 10.9 Å². The molecule has 0 fully saturated rings. The lowest BCUT2D eigenvalue weighted by atomic mass is 10.1. The molecule has 2 aromatic rings. The van der Waals surface area contributed by atoms with Gasteiger partial charge in [-0.15, -0.1) is 0 Å². The van der Waals surface area contributed by atoms with Crippen molar-refractivity contribution < 1.29 is 19.3 Å². The number of hydrogen-bond donors (Lipinski definition) is 2. The van der Waals surface area contributed by atoms with E-state index in [9.17, 15) is 5.11 Å². The molecule has 1 atom stereocenters. The molecule has 2 rings (SSSR count). The van der Waals surface area contributed by atoms with Crippen LogP contribution in [-0.2, 0) is 4.74 Å². The lowest BCUT2D eigenvalue weighted by molar-refractivity contribution is 0.0495. The smallest absolute Gasteiger partial charge is 0.162 e. The molecule has 0 saturated carbocycles. The molecule has 1 aromatic heterocycles. The molecule has 0 unspecified atom stereocenters. The molecule has 0 bridgehead atoms. The van der Waals surface area contributed by atoms with E-state index in [1.54, 1.807) is 14.2 Å². The van der Waals surface area contributed by atoms with Crippen molar-refractivity contribution in [3.63, 3.8) is 0 Å². The van der Waals surface area contributed by atoms with Gasteiger partial charge in [0.1, 0.15) is 5.82 Å². The van der Waals surface area contributed by atoms with Gasteiger partial charge in [-0.2, -0.15) is 0 Å². The predicted octanol–water partition coefficient (Wildman–Crippen LogP) is 2.37. The van der Waals surface area contributed by atoms with Gasteiger partial charge >= 0.3 is 0 Å². The molecule has 1 heterocycles. The van der Waals surface area contributed by atoms with Crippen molar-refractivity contribution in [1.82, 2.24) is 4.98 Å². The molecular formula is C17H24N2O4. The summed E-state index contributed by atoms with van der Waals surface area (Å²) in [6, 6.07) is 5.72. The van der Waals surface area contributed by atoms with Crippen molar-refractivity contribution in [2.45, 2.75) is 20.0 Å². The first-order valence-electron chi connectivity index (χ1n) is 7.62. The van der Waals surface area contributed by atoms with Gasteiger partial charge < -0.3 is 24.6 Å². The Balaban J connectivity index is 2.22. The van der Waals surface area contributed by atoms with Gasteiger partial charge in [-0.3, -0.25) is 0 Å². The number of methoxy groups -OCH3 is 2. The van der Waals surface area contributed by atoms with Gasteiger partial charge in [-0.1, -0.05) is 0 Å². The summed E-state index contributed by atoms with van der Waals surface area (Å²) in [6.07, 6.45) is -0.571. The summed E-state index contributed by atoms with van der Waals surface area (Å²) in [4.78, 5) is 4.57. The van der Waals surface area contributed by atoms with Crippen LogP contribution in [0, 0.1) is 6.92 Å². The van der Waals surface area contributed by atoms with E-state index in [0.29, 0.717) is 37.1 Å². The quantitative estimate of drug-likeness (QED) is 0.778. The molecule has 0 radical (unpaired) electrons. The topological polar surface area (TPSA) is 72.8 Å². The van der Waals surface area contributed by atoms with E-state index in [1.165, 1.54) is 0 Å². The van der Waals surface area contributed by atoms with E-state index in [-0.39, 0.29) is 0 Å². The van der Waals surface area contributed by atoms with Crippen LogP contribution in [0.5, 0.6) is 11.5 Å². The summed E-state index contributed by atoms with van der Waals surface area (Å²) in [7, 11) is 3.21. The minimum Gasteiger partial charge on any atom is -0.493 e. The van der Waals surface area contributed by atoms with Crippen molar-refractivity contribution in [2.75, 3.05) is 39.3 Å². The van der Waals surface area contributed by atoms with Crippen molar-refractivity contribution in [2.24, 2.45) is 0 Å². The number of rotatable bonds is 8. The normalized spacial score (nSPS) is 12.2. The molecule has 6 nitrogen and oxygen atoms in total. The Labute approximate surface area is 136 Å². The molecule has 23 heavy (non-hydrogen) atoms. The summed E-state index contributed by atoms with van der Waals surface area (Å²) in [5.74, 6) is 2.02. The number of nitrogens with one attached hydrogen (secondary N) is 1. The molecule has 2 N–H and O–H groups in total. The van der Waals surface area contributed by atoms with Crippen LogP contribution in [0.2, 0.25) is 0 Å². The first-order chi connectivity index (χ1) is 11.1. The molecule has 0 spiro atoms. The van der Waals surface area contributed by atoms with Gasteiger partial charge in [-0.25, -0.2) is 4.98 Å². The minimum absolute atomic E-state index is 0.307. The zero-order valence-electron chi connectivity index (χ0n) is 14.0. The third-order valence-electron chi connectivity index (χ3n) is 3.55. The number of ether oxygens (including phenoxy) is 3. The Bertz CT molecular complexity index is 661. The molecule has 0 aliphatic heterocycles. The van der Waals surface area contributed by atoms with Crippen LogP contribution in [0.4, 0.5) is 5.82 Å². The lowest BCUT2D eigenvalue weighted by Crippen LogP contribution is -2.25. The Morgan fingerprint density at radius 3 is 2.52 bits per heavy atom. The van der Waals surface area contributed by atoms with E-state index in [1.807, 2.05) is 32.0 Å². The summed E-state index contributed by atoms with van der Waals surface area (Å²) >= 11 is 0. The second kappa shape index (κ2) is 7.99. The zero-order chi connectivity index (χ0) is 16.8. The van der Waals surface area contributed by atoms with Gasteiger partial charge in [0.05, 0.1) is 32.4 Å². The third-order valence-corrected chi connectivity index (χ3v) is 3.55. The van der Waals surface area contributed by atoms with E-state index in [4.69, 9.17) is 14.2 Å². The molecule has 126 valence electrons. The number of fused-ring (bicyclic) bond motifs is 1. The van der Waals surface area contributed by atoms with E-state index in [2.05, 4.69) is 10.3 Å². The average Bonchev–Trinajstić information content (AvgIpc) is 2.56. The SMILES string of the molecule is CCOC[C@H](O)CNc1cc(C)c2cc(OC)c(OC)cc2n1. The van der Waals surface area contributed by atoms with Gasteiger partial charge in [0.2, 0.25) is 0 Å². The number of aromatic nitrogens is 1. The Hall–Kier alpha value is -2.05. The van der Waals surface area contributed by atoms with Gasteiger partial charge in [-0.05, 0) is 31.5 Å². The first-order valence-corrected chi connectivity index (χ1v) is 7.62. The van der Waals surface area contributed by atoms with Gasteiger partial charge in [0, 0.05) is 24.6 Å². The summed E-state index contributed by atoms with van der Waals surface area (Å²) in [5.41, 5.74) is 1.88. The number of pyridine rings is 1. The predicted molar refractivity (Wildman–Crippen MR) is 90.6 cm³/mol. The van der Waals surface area contributed by atoms with Crippen molar-refractivity contribution >= 4 is 16.7 Å². The Kier molecular flexibility index (Phi) is 6.01. The van der Waals surface area contributed by atoms with E-state index < -0.39 is 6.10 Å². The van der Waals surface area contributed by atoms with E-state index >= 15 is 0 Å². The highest BCUT2D eigenvalue weighted by Gasteiger charge is 2.11. The molecule has 0 aliphatic carbocycles. The fourth-order valence-corrected chi connectivity index (χ4v) is 2.35. The van der Waals surface area contributed by atoms with Crippen LogP contribution in [-0.4, -0.2) is 50.2 Å². The Morgan fingerprint density at radius 1 is 1.17 bits per heavy atom. The van der Waals surface area contributed by atoms with Crippen LogP contribution in [0.3, 0.4) is 0 Å². The highest BCUT2D eigenvalue weighted by atomic mass is 16.5. The third kappa shape index (κ3) is 4.24. The van der Waals surface area contributed by atoms with E-state index in [0.717, 1.165) is 16.5 Å². The fraction of sp³-hybridized carbons (Fsp3) is 0.471.